The largest absolute Gasteiger partial charge is 0.497 e. The minimum Gasteiger partial charge on any atom is -0.497 e. The van der Waals surface area contributed by atoms with Crippen LogP contribution in [0.1, 0.15) is 96.1 Å². The normalized spacial score (nSPS) is 26.1. The molecule has 3 aromatic rings. The summed E-state index contributed by atoms with van der Waals surface area (Å²) >= 11 is 0. The van der Waals surface area contributed by atoms with E-state index in [1.54, 1.807) is 7.11 Å². The molecule has 39 heavy (non-hydrogen) atoms. The molecule has 3 aliphatic heterocycles. The maximum Gasteiger partial charge on any atom is 0.131 e. The van der Waals surface area contributed by atoms with Gasteiger partial charge in [-0.05, 0) is 76.3 Å². The molecule has 0 saturated carbocycles. The van der Waals surface area contributed by atoms with E-state index < -0.39 is 6.10 Å². The smallest absolute Gasteiger partial charge is 0.131 e. The third kappa shape index (κ3) is 5.35. The van der Waals surface area contributed by atoms with Crippen molar-refractivity contribution in [1.82, 2.24) is 4.98 Å². The van der Waals surface area contributed by atoms with Gasteiger partial charge in [0, 0.05) is 35.9 Å². The van der Waals surface area contributed by atoms with E-state index in [1.165, 1.54) is 29.5 Å². The van der Waals surface area contributed by atoms with Crippen molar-refractivity contribution in [2.45, 2.75) is 97.2 Å². The average Bonchev–Trinajstić information content (AvgIpc) is 2.90. The molecule has 0 spiro atoms. The van der Waals surface area contributed by atoms with Gasteiger partial charge in [0.25, 0.3) is 0 Å². The fourth-order valence-electron chi connectivity index (χ4n) is 7.41. The lowest BCUT2D eigenvalue weighted by Crippen LogP contribution is -2.67. The van der Waals surface area contributed by atoms with Crippen LogP contribution in [0.25, 0.3) is 10.9 Å². The van der Waals surface area contributed by atoms with Crippen LogP contribution in [-0.2, 0) is 17.4 Å². The summed E-state index contributed by atoms with van der Waals surface area (Å²) in [7, 11) is 1.70. The van der Waals surface area contributed by atoms with Crippen LogP contribution in [0.15, 0.2) is 48.7 Å². The van der Waals surface area contributed by atoms with Crippen LogP contribution < -0.4 is 4.74 Å². The van der Waals surface area contributed by atoms with Crippen molar-refractivity contribution in [1.29, 1.82) is 0 Å². The number of fused-ring (bicyclic) bond motifs is 4. The Hall–Kier alpha value is -2.43. The van der Waals surface area contributed by atoms with Gasteiger partial charge in [-0.3, -0.25) is 4.98 Å². The Morgan fingerprint density at radius 2 is 1.69 bits per heavy atom. The van der Waals surface area contributed by atoms with Crippen LogP contribution >= 0.6 is 0 Å². The summed E-state index contributed by atoms with van der Waals surface area (Å²) in [6, 6.07) is 15.5. The number of hydrogen-bond donors (Lipinski definition) is 1. The molecule has 5 atom stereocenters. The number of ether oxygens (including phenoxy) is 1. The molecule has 1 aromatic heterocycles. The van der Waals surface area contributed by atoms with Gasteiger partial charge in [-0.15, -0.1) is 0 Å². The number of rotatable bonds is 6. The third-order valence-corrected chi connectivity index (χ3v) is 9.87. The molecule has 2 bridgehead atoms. The van der Waals surface area contributed by atoms with Crippen molar-refractivity contribution in [3.05, 3.63) is 70.9 Å². The van der Waals surface area contributed by atoms with E-state index in [2.05, 4.69) is 71.6 Å². The Morgan fingerprint density at radius 1 is 1.00 bits per heavy atom. The molecule has 1 N–H and O–H groups in total. The molecular weight excluding hydrogens is 480 g/mol. The molecule has 210 valence electrons. The SMILES string of the molecule is CCC1C[N+]2(Cc3cc(C(C)(C)C)cc(C(C)(C)C)c3)CCC1C[C@@H]2[C@@H](O)c1ccnc2ccc(OC)cc12. The first-order valence-corrected chi connectivity index (χ1v) is 15.0. The van der Waals surface area contributed by atoms with Crippen molar-refractivity contribution in [2.24, 2.45) is 11.8 Å². The molecule has 3 saturated heterocycles. The number of aliphatic hydroxyl groups excluding tert-OH is 1. The van der Waals surface area contributed by atoms with E-state index >= 15 is 0 Å². The van der Waals surface area contributed by atoms with Gasteiger partial charge in [-0.2, -0.15) is 0 Å². The predicted molar refractivity (Wildman–Crippen MR) is 161 cm³/mol. The van der Waals surface area contributed by atoms with E-state index in [0.717, 1.165) is 58.7 Å². The van der Waals surface area contributed by atoms with Gasteiger partial charge in [0.15, 0.2) is 0 Å². The number of nitrogens with zero attached hydrogens (tertiary/aromatic N) is 2. The van der Waals surface area contributed by atoms with Crippen LogP contribution in [-0.4, -0.2) is 40.8 Å². The van der Waals surface area contributed by atoms with Gasteiger partial charge >= 0.3 is 0 Å². The highest BCUT2D eigenvalue weighted by molar-refractivity contribution is 5.83. The molecule has 2 aromatic carbocycles. The first kappa shape index (κ1) is 28.1. The Morgan fingerprint density at radius 3 is 2.31 bits per heavy atom. The van der Waals surface area contributed by atoms with Gasteiger partial charge in [0.2, 0.25) is 0 Å². The summed E-state index contributed by atoms with van der Waals surface area (Å²) in [5.41, 5.74) is 6.31. The molecule has 4 heterocycles. The number of aromatic nitrogens is 1. The number of benzene rings is 2. The van der Waals surface area contributed by atoms with E-state index in [4.69, 9.17) is 4.74 Å². The minimum atomic E-state index is -0.545. The number of aliphatic hydroxyl groups is 1. The number of pyridine rings is 1. The van der Waals surface area contributed by atoms with Gasteiger partial charge in [0.1, 0.15) is 24.4 Å². The maximum absolute atomic E-state index is 12.2. The molecule has 0 radical (unpaired) electrons. The summed E-state index contributed by atoms with van der Waals surface area (Å²) < 4.78 is 6.52. The van der Waals surface area contributed by atoms with Crippen molar-refractivity contribution in [3.8, 4) is 5.75 Å². The third-order valence-electron chi connectivity index (χ3n) is 9.87. The van der Waals surface area contributed by atoms with Gasteiger partial charge in [-0.25, -0.2) is 0 Å². The first-order chi connectivity index (χ1) is 18.3. The summed E-state index contributed by atoms with van der Waals surface area (Å²) in [6.07, 6.45) is 4.87. The quantitative estimate of drug-likeness (QED) is 0.333. The monoisotopic (exact) mass is 529 g/mol. The standard InChI is InChI=1S/C35H49N2O2/c1-9-24-22-37(21-23-16-26(34(2,3)4)19-27(17-23)35(5,6)7)15-13-25(24)18-32(37)33(38)29-12-14-36-31-11-10-28(39-8)20-30(29)31/h10-12,14,16-17,19-20,24-25,32-33,38H,9,13,15,18,21-22H2,1-8H3/q+1/t24?,25?,32-,33+,37?/m1/s1. The molecule has 3 aliphatic rings. The molecule has 6 rings (SSSR count). The van der Waals surface area contributed by atoms with E-state index in [0.29, 0.717) is 5.92 Å². The highest BCUT2D eigenvalue weighted by Gasteiger charge is 2.54. The second-order valence-corrected chi connectivity index (χ2v) is 14.4. The fourth-order valence-corrected chi connectivity index (χ4v) is 7.41. The Balaban J connectivity index is 1.59. The zero-order valence-electron chi connectivity index (χ0n) is 25.4. The van der Waals surface area contributed by atoms with Crippen molar-refractivity contribution >= 4 is 10.9 Å². The average molecular weight is 530 g/mol. The molecule has 0 aliphatic carbocycles. The molecule has 3 fully saturated rings. The van der Waals surface area contributed by atoms with Crippen molar-refractivity contribution in [2.75, 3.05) is 20.2 Å². The minimum absolute atomic E-state index is 0.0881. The second-order valence-electron chi connectivity index (χ2n) is 14.4. The zero-order chi connectivity index (χ0) is 28.2. The molecule has 4 heteroatoms. The molecular formula is C35H49N2O2+. The highest BCUT2D eigenvalue weighted by Crippen LogP contribution is 2.49. The topological polar surface area (TPSA) is 42.4 Å². The van der Waals surface area contributed by atoms with E-state index in [1.807, 2.05) is 30.5 Å². The molecule has 3 unspecified atom stereocenters. The zero-order valence-corrected chi connectivity index (χ0v) is 25.4. The Bertz CT molecular complexity index is 1300. The number of hydrogen-bond acceptors (Lipinski definition) is 3. The van der Waals surface area contributed by atoms with Crippen LogP contribution in [0, 0.1) is 11.8 Å². The summed E-state index contributed by atoms with van der Waals surface area (Å²) in [4.78, 5) is 4.60. The predicted octanol–water partition coefficient (Wildman–Crippen LogP) is 7.71. The Kier molecular flexibility index (Phi) is 7.35. The van der Waals surface area contributed by atoms with Crippen LogP contribution in [0.3, 0.4) is 0 Å². The van der Waals surface area contributed by atoms with Gasteiger partial charge in [-0.1, -0.05) is 54.5 Å². The fraction of sp³-hybridized carbons (Fsp3) is 0.571. The lowest BCUT2D eigenvalue weighted by atomic mass is 9.70. The summed E-state index contributed by atoms with van der Waals surface area (Å²) in [5.74, 6) is 2.23. The van der Waals surface area contributed by atoms with Gasteiger partial charge in [0.05, 0.1) is 25.7 Å². The summed E-state index contributed by atoms with van der Waals surface area (Å²) in [5, 5.41) is 13.2. The van der Waals surface area contributed by atoms with E-state index in [-0.39, 0.29) is 16.9 Å². The maximum atomic E-state index is 12.2. The van der Waals surface area contributed by atoms with Crippen LogP contribution in [0.5, 0.6) is 5.75 Å². The van der Waals surface area contributed by atoms with Crippen molar-refractivity contribution in [3.63, 3.8) is 0 Å². The number of quaternary nitrogens is 1. The summed E-state index contributed by atoms with van der Waals surface area (Å²) in [6.45, 7) is 19.5. The van der Waals surface area contributed by atoms with Crippen LogP contribution in [0.2, 0.25) is 0 Å². The molecule has 0 amide bonds. The highest BCUT2D eigenvalue weighted by atomic mass is 16.5. The molecule has 4 nitrogen and oxygen atoms in total. The van der Waals surface area contributed by atoms with E-state index in [9.17, 15) is 5.11 Å². The number of methoxy groups -OCH3 is 1. The van der Waals surface area contributed by atoms with Crippen LogP contribution in [0.4, 0.5) is 0 Å². The lowest BCUT2D eigenvalue weighted by Gasteiger charge is -2.58. The first-order valence-electron chi connectivity index (χ1n) is 15.0. The Labute approximate surface area is 236 Å². The number of piperidine rings is 3. The lowest BCUT2D eigenvalue weighted by molar-refractivity contribution is -0.985. The van der Waals surface area contributed by atoms with Crippen molar-refractivity contribution < 1.29 is 14.3 Å². The second kappa shape index (κ2) is 10.2. The van der Waals surface area contributed by atoms with Gasteiger partial charge < -0.3 is 14.3 Å².